The summed E-state index contributed by atoms with van der Waals surface area (Å²) in [7, 11) is 0. The van der Waals surface area contributed by atoms with E-state index >= 15 is 0 Å². The molecule has 0 atom stereocenters. The third kappa shape index (κ3) is 3.46. The number of carboxylic acid groups (broad SMARTS) is 1. The standard InChI is InChI=1S/C15H9BrN2O3/c16-12-6-5-11(15(20)21)7-13(12)18-14(19)10-3-1-9(8-17)2-4-10/h1-7H,(H,18,19)(H,20,21). The van der Waals surface area contributed by atoms with E-state index in [9.17, 15) is 9.59 Å². The zero-order chi connectivity index (χ0) is 15.4. The normalized spacial score (nSPS) is 9.71. The Morgan fingerprint density at radius 3 is 2.29 bits per heavy atom. The van der Waals surface area contributed by atoms with Gasteiger partial charge in [0, 0.05) is 10.0 Å². The fraction of sp³-hybridized carbons (Fsp3) is 0. The van der Waals surface area contributed by atoms with Crippen LogP contribution >= 0.6 is 15.9 Å². The molecular weight excluding hydrogens is 336 g/mol. The number of benzene rings is 2. The Kier molecular flexibility index (Phi) is 4.36. The molecule has 2 aromatic carbocycles. The number of halogens is 1. The van der Waals surface area contributed by atoms with Crippen LogP contribution in [0.2, 0.25) is 0 Å². The smallest absolute Gasteiger partial charge is 0.335 e. The minimum Gasteiger partial charge on any atom is -0.478 e. The average Bonchev–Trinajstić information content (AvgIpc) is 2.49. The fourth-order valence-corrected chi connectivity index (χ4v) is 1.99. The van der Waals surface area contributed by atoms with E-state index < -0.39 is 5.97 Å². The minimum atomic E-state index is -1.07. The molecule has 0 unspecified atom stereocenters. The quantitative estimate of drug-likeness (QED) is 0.893. The van der Waals surface area contributed by atoms with Gasteiger partial charge in [-0.2, -0.15) is 5.26 Å². The number of nitrogens with zero attached hydrogens (tertiary/aromatic N) is 1. The largest absolute Gasteiger partial charge is 0.478 e. The van der Waals surface area contributed by atoms with E-state index in [-0.39, 0.29) is 11.5 Å². The number of nitrogens with one attached hydrogen (secondary N) is 1. The van der Waals surface area contributed by atoms with Crippen LogP contribution in [0.1, 0.15) is 26.3 Å². The number of carbonyl (C=O) groups excluding carboxylic acids is 1. The summed E-state index contributed by atoms with van der Waals surface area (Å²) in [5, 5.41) is 20.3. The van der Waals surface area contributed by atoms with Crippen molar-refractivity contribution in [2.45, 2.75) is 0 Å². The molecule has 5 nitrogen and oxygen atoms in total. The van der Waals surface area contributed by atoms with Crippen LogP contribution in [-0.2, 0) is 0 Å². The van der Waals surface area contributed by atoms with Crippen LogP contribution in [0, 0.1) is 11.3 Å². The van der Waals surface area contributed by atoms with Gasteiger partial charge in [0.15, 0.2) is 0 Å². The molecule has 0 saturated heterocycles. The van der Waals surface area contributed by atoms with Gasteiger partial charge in [0.1, 0.15) is 0 Å². The van der Waals surface area contributed by atoms with Gasteiger partial charge in [-0.05, 0) is 58.4 Å². The first-order chi connectivity index (χ1) is 10.0. The van der Waals surface area contributed by atoms with Crippen molar-refractivity contribution in [2.24, 2.45) is 0 Å². The highest BCUT2D eigenvalue weighted by molar-refractivity contribution is 9.10. The molecule has 6 heteroatoms. The Labute approximate surface area is 129 Å². The second-order valence-electron chi connectivity index (χ2n) is 4.14. The molecule has 1 amide bonds. The average molecular weight is 345 g/mol. The highest BCUT2D eigenvalue weighted by Crippen LogP contribution is 2.24. The molecule has 0 bridgehead atoms. The molecule has 0 fully saturated rings. The first kappa shape index (κ1) is 14.8. The molecule has 0 spiro atoms. The van der Waals surface area contributed by atoms with Gasteiger partial charge in [-0.3, -0.25) is 4.79 Å². The molecule has 104 valence electrons. The van der Waals surface area contributed by atoms with Gasteiger partial charge in [0.25, 0.3) is 5.91 Å². The Bertz CT molecular complexity index is 749. The topological polar surface area (TPSA) is 90.2 Å². The minimum absolute atomic E-state index is 0.0772. The number of nitriles is 1. The summed E-state index contributed by atoms with van der Waals surface area (Å²) in [6.07, 6.45) is 0. The first-order valence-electron chi connectivity index (χ1n) is 5.85. The van der Waals surface area contributed by atoms with Crippen molar-refractivity contribution >= 4 is 33.5 Å². The molecule has 21 heavy (non-hydrogen) atoms. The van der Waals surface area contributed by atoms with Crippen molar-refractivity contribution < 1.29 is 14.7 Å². The van der Waals surface area contributed by atoms with E-state index in [1.807, 2.05) is 6.07 Å². The van der Waals surface area contributed by atoms with Crippen molar-refractivity contribution in [1.82, 2.24) is 0 Å². The maximum Gasteiger partial charge on any atom is 0.335 e. The van der Waals surface area contributed by atoms with Gasteiger partial charge >= 0.3 is 5.97 Å². The molecule has 0 aliphatic rings. The summed E-state index contributed by atoms with van der Waals surface area (Å²) >= 11 is 3.25. The molecule has 2 rings (SSSR count). The Balaban J connectivity index is 2.24. The van der Waals surface area contributed by atoms with Crippen molar-refractivity contribution in [2.75, 3.05) is 5.32 Å². The summed E-state index contributed by atoms with van der Waals surface area (Å²) < 4.78 is 0.578. The summed E-state index contributed by atoms with van der Waals surface area (Å²) in [4.78, 5) is 23.0. The van der Waals surface area contributed by atoms with Gasteiger partial charge in [0.2, 0.25) is 0 Å². The number of carbonyl (C=O) groups is 2. The second-order valence-corrected chi connectivity index (χ2v) is 5.00. The predicted molar refractivity (Wildman–Crippen MR) is 80.2 cm³/mol. The predicted octanol–water partition coefficient (Wildman–Crippen LogP) is 3.27. The number of hydrogen-bond donors (Lipinski definition) is 2. The lowest BCUT2D eigenvalue weighted by molar-refractivity contribution is 0.0696. The van der Waals surface area contributed by atoms with Gasteiger partial charge in [-0.15, -0.1) is 0 Å². The monoisotopic (exact) mass is 344 g/mol. The van der Waals surface area contributed by atoms with Crippen LogP contribution in [-0.4, -0.2) is 17.0 Å². The molecule has 0 saturated carbocycles. The van der Waals surface area contributed by atoms with Gasteiger partial charge in [0.05, 0.1) is 22.9 Å². The Morgan fingerprint density at radius 1 is 1.10 bits per heavy atom. The molecular formula is C15H9BrN2O3. The molecule has 0 aliphatic carbocycles. The SMILES string of the molecule is N#Cc1ccc(C(=O)Nc2cc(C(=O)O)ccc2Br)cc1. The van der Waals surface area contributed by atoms with Gasteiger partial charge < -0.3 is 10.4 Å². The highest BCUT2D eigenvalue weighted by atomic mass is 79.9. The number of rotatable bonds is 3. The number of aromatic carboxylic acids is 1. The van der Waals surface area contributed by atoms with E-state index in [1.165, 1.54) is 36.4 Å². The van der Waals surface area contributed by atoms with Crippen molar-refractivity contribution in [3.63, 3.8) is 0 Å². The van der Waals surface area contributed by atoms with Crippen LogP contribution in [0.4, 0.5) is 5.69 Å². The van der Waals surface area contributed by atoms with Crippen LogP contribution in [0.5, 0.6) is 0 Å². The summed E-state index contributed by atoms with van der Waals surface area (Å²) in [5.41, 5.74) is 1.28. The number of carboxylic acids is 1. The van der Waals surface area contributed by atoms with E-state index in [4.69, 9.17) is 10.4 Å². The van der Waals surface area contributed by atoms with Gasteiger partial charge in [-0.25, -0.2) is 4.79 Å². The van der Waals surface area contributed by atoms with Crippen LogP contribution < -0.4 is 5.32 Å². The van der Waals surface area contributed by atoms with E-state index in [0.717, 1.165) is 0 Å². The maximum atomic E-state index is 12.1. The molecule has 0 aliphatic heterocycles. The summed E-state index contributed by atoms with van der Waals surface area (Å²) in [6.45, 7) is 0. The summed E-state index contributed by atoms with van der Waals surface area (Å²) in [5.74, 6) is -1.46. The lowest BCUT2D eigenvalue weighted by atomic mass is 10.1. The van der Waals surface area contributed by atoms with Crippen molar-refractivity contribution in [1.29, 1.82) is 5.26 Å². The van der Waals surface area contributed by atoms with E-state index in [0.29, 0.717) is 21.3 Å². The van der Waals surface area contributed by atoms with Crippen LogP contribution in [0.15, 0.2) is 46.9 Å². The number of anilines is 1. The molecule has 0 heterocycles. The fourth-order valence-electron chi connectivity index (χ4n) is 1.64. The first-order valence-corrected chi connectivity index (χ1v) is 6.65. The molecule has 0 radical (unpaired) electrons. The Hall–Kier alpha value is -2.65. The number of hydrogen-bond acceptors (Lipinski definition) is 3. The molecule has 2 aromatic rings. The lowest BCUT2D eigenvalue weighted by Crippen LogP contribution is -2.13. The molecule has 0 aromatic heterocycles. The van der Waals surface area contributed by atoms with Crippen LogP contribution in [0.3, 0.4) is 0 Å². The second kappa shape index (κ2) is 6.20. The van der Waals surface area contributed by atoms with Crippen molar-refractivity contribution in [3.05, 3.63) is 63.6 Å². The zero-order valence-corrected chi connectivity index (χ0v) is 12.2. The highest BCUT2D eigenvalue weighted by Gasteiger charge is 2.11. The lowest BCUT2D eigenvalue weighted by Gasteiger charge is -2.08. The third-order valence-corrected chi connectivity index (χ3v) is 3.43. The van der Waals surface area contributed by atoms with Crippen molar-refractivity contribution in [3.8, 4) is 6.07 Å². The van der Waals surface area contributed by atoms with Gasteiger partial charge in [-0.1, -0.05) is 0 Å². The van der Waals surface area contributed by atoms with E-state index in [2.05, 4.69) is 21.2 Å². The molecule has 2 N–H and O–H groups in total. The zero-order valence-electron chi connectivity index (χ0n) is 10.6. The Morgan fingerprint density at radius 2 is 1.71 bits per heavy atom. The maximum absolute atomic E-state index is 12.1. The third-order valence-electron chi connectivity index (χ3n) is 2.74. The van der Waals surface area contributed by atoms with Crippen LogP contribution in [0.25, 0.3) is 0 Å². The van der Waals surface area contributed by atoms with E-state index in [1.54, 1.807) is 6.07 Å². The number of amides is 1. The summed E-state index contributed by atoms with van der Waals surface area (Å²) in [6, 6.07) is 12.5.